The molecule has 1 atom stereocenters. The summed E-state index contributed by atoms with van der Waals surface area (Å²) < 4.78 is 2.65. The standard InChI is InChI=1S/C10H9IN2O2S/c1-6(9-12-2-3-16-9)13-5-7(11)4-8(13)10(14)15/h2-6H,1H3,(H,14,15). The second-order valence-corrected chi connectivity index (χ2v) is 5.47. The zero-order chi connectivity index (χ0) is 11.7. The molecular weight excluding hydrogens is 339 g/mol. The SMILES string of the molecule is CC(c1nccs1)n1cc(I)cc1C(=O)O. The number of rotatable bonds is 3. The minimum atomic E-state index is -0.911. The van der Waals surface area contributed by atoms with Crippen molar-refractivity contribution >= 4 is 39.9 Å². The average Bonchev–Trinajstić information content (AvgIpc) is 2.84. The third-order valence-corrected chi connectivity index (χ3v) is 3.80. The molecule has 0 fully saturated rings. The zero-order valence-electron chi connectivity index (χ0n) is 8.42. The molecule has 0 aromatic carbocycles. The summed E-state index contributed by atoms with van der Waals surface area (Å²) in [5, 5.41) is 11.9. The highest BCUT2D eigenvalue weighted by Crippen LogP contribution is 2.24. The van der Waals surface area contributed by atoms with E-state index in [1.165, 1.54) is 11.3 Å². The summed E-state index contributed by atoms with van der Waals surface area (Å²) in [6, 6.07) is 1.61. The summed E-state index contributed by atoms with van der Waals surface area (Å²) in [4.78, 5) is 15.3. The van der Waals surface area contributed by atoms with Crippen LogP contribution >= 0.6 is 33.9 Å². The number of aromatic nitrogens is 2. The van der Waals surface area contributed by atoms with E-state index in [1.54, 1.807) is 16.8 Å². The van der Waals surface area contributed by atoms with Crippen molar-refractivity contribution in [2.24, 2.45) is 0 Å². The quantitative estimate of drug-likeness (QED) is 0.868. The van der Waals surface area contributed by atoms with Crippen molar-refractivity contribution in [1.29, 1.82) is 0 Å². The lowest BCUT2D eigenvalue weighted by molar-refractivity contribution is 0.0684. The molecule has 0 aliphatic heterocycles. The average molecular weight is 348 g/mol. The highest BCUT2D eigenvalue weighted by atomic mass is 127. The Bertz CT molecular complexity index is 507. The predicted molar refractivity (Wildman–Crippen MR) is 70.0 cm³/mol. The number of carbonyl (C=O) groups is 1. The van der Waals surface area contributed by atoms with Gasteiger partial charge < -0.3 is 9.67 Å². The van der Waals surface area contributed by atoms with E-state index in [1.807, 2.05) is 18.5 Å². The minimum Gasteiger partial charge on any atom is -0.477 e. The van der Waals surface area contributed by atoms with Crippen LogP contribution in [-0.4, -0.2) is 20.6 Å². The van der Waals surface area contributed by atoms with E-state index in [2.05, 4.69) is 27.6 Å². The summed E-state index contributed by atoms with van der Waals surface area (Å²) >= 11 is 3.64. The van der Waals surface area contributed by atoms with Crippen LogP contribution in [0.15, 0.2) is 23.8 Å². The summed E-state index contributed by atoms with van der Waals surface area (Å²) in [6.45, 7) is 1.95. The van der Waals surface area contributed by atoms with Crippen LogP contribution in [0.3, 0.4) is 0 Å². The number of carboxylic acids is 1. The molecule has 1 unspecified atom stereocenters. The van der Waals surface area contributed by atoms with Gasteiger partial charge in [0.1, 0.15) is 10.7 Å². The van der Waals surface area contributed by atoms with Gasteiger partial charge in [-0.05, 0) is 35.6 Å². The smallest absolute Gasteiger partial charge is 0.352 e. The van der Waals surface area contributed by atoms with E-state index in [9.17, 15) is 4.79 Å². The summed E-state index contributed by atoms with van der Waals surface area (Å²) in [5.74, 6) is -0.911. The van der Waals surface area contributed by atoms with Crippen molar-refractivity contribution in [1.82, 2.24) is 9.55 Å². The Morgan fingerprint density at radius 1 is 1.69 bits per heavy atom. The molecule has 2 aromatic rings. The topological polar surface area (TPSA) is 55.1 Å². The number of carboxylic acid groups (broad SMARTS) is 1. The molecular formula is C10H9IN2O2S. The first-order chi connectivity index (χ1) is 7.59. The van der Waals surface area contributed by atoms with Crippen molar-refractivity contribution < 1.29 is 9.90 Å². The predicted octanol–water partition coefficient (Wildman–Crippen LogP) is 2.86. The first-order valence-corrected chi connectivity index (χ1v) is 6.55. The Kier molecular flexibility index (Phi) is 3.29. The summed E-state index contributed by atoms with van der Waals surface area (Å²) in [5.41, 5.74) is 0.298. The Morgan fingerprint density at radius 2 is 2.44 bits per heavy atom. The van der Waals surface area contributed by atoms with E-state index in [0.717, 1.165) is 8.58 Å². The minimum absolute atomic E-state index is 0.0467. The van der Waals surface area contributed by atoms with Gasteiger partial charge in [0.05, 0.1) is 6.04 Å². The Labute approximate surface area is 110 Å². The third-order valence-electron chi connectivity index (χ3n) is 2.26. The summed E-state index contributed by atoms with van der Waals surface area (Å²) in [7, 11) is 0. The molecule has 4 nitrogen and oxygen atoms in total. The van der Waals surface area contributed by atoms with Crippen molar-refractivity contribution in [3.63, 3.8) is 0 Å². The molecule has 1 N–H and O–H groups in total. The molecule has 0 radical (unpaired) electrons. The largest absolute Gasteiger partial charge is 0.477 e. The molecule has 0 saturated heterocycles. The number of nitrogens with zero attached hydrogens (tertiary/aromatic N) is 2. The van der Waals surface area contributed by atoms with Crippen LogP contribution < -0.4 is 0 Å². The molecule has 2 heterocycles. The maximum Gasteiger partial charge on any atom is 0.352 e. The molecule has 0 saturated carbocycles. The van der Waals surface area contributed by atoms with Crippen LogP contribution in [0.5, 0.6) is 0 Å². The second-order valence-electron chi connectivity index (χ2n) is 3.30. The molecule has 6 heteroatoms. The van der Waals surface area contributed by atoms with Crippen LogP contribution in [0.2, 0.25) is 0 Å². The van der Waals surface area contributed by atoms with E-state index < -0.39 is 5.97 Å². The molecule has 2 rings (SSSR count). The zero-order valence-corrected chi connectivity index (χ0v) is 11.4. The van der Waals surface area contributed by atoms with Gasteiger partial charge in [-0.2, -0.15) is 0 Å². The Hall–Kier alpha value is -0.890. The molecule has 0 bridgehead atoms. The van der Waals surface area contributed by atoms with Crippen molar-refractivity contribution in [3.8, 4) is 0 Å². The van der Waals surface area contributed by atoms with Gasteiger partial charge in [-0.1, -0.05) is 0 Å². The van der Waals surface area contributed by atoms with Gasteiger partial charge in [-0.3, -0.25) is 0 Å². The lowest BCUT2D eigenvalue weighted by Gasteiger charge is -2.12. The molecule has 2 aromatic heterocycles. The Balaban J connectivity index is 2.43. The first-order valence-electron chi connectivity index (χ1n) is 4.59. The first kappa shape index (κ1) is 11.6. The van der Waals surface area contributed by atoms with Crippen LogP contribution in [0.25, 0.3) is 0 Å². The van der Waals surface area contributed by atoms with E-state index in [-0.39, 0.29) is 6.04 Å². The normalized spacial score (nSPS) is 12.6. The van der Waals surface area contributed by atoms with Crippen LogP contribution in [0.4, 0.5) is 0 Å². The number of thiazole rings is 1. The van der Waals surface area contributed by atoms with Gasteiger partial charge in [0, 0.05) is 21.3 Å². The maximum absolute atomic E-state index is 11.1. The lowest BCUT2D eigenvalue weighted by atomic mass is 10.3. The van der Waals surface area contributed by atoms with Crippen molar-refractivity contribution in [2.75, 3.05) is 0 Å². The van der Waals surface area contributed by atoms with Gasteiger partial charge in [-0.25, -0.2) is 9.78 Å². The molecule has 0 amide bonds. The maximum atomic E-state index is 11.1. The van der Waals surface area contributed by atoms with Gasteiger partial charge in [0.25, 0.3) is 0 Å². The molecule has 16 heavy (non-hydrogen) atoms. The van der Waals surface area contributed by atoms with Crippen molar-refractivity contribution in [3.05, 3.63) is 38.1 Å². The number of hydrogen-bond donors (Lipinski definition) is 1. The lowest BCUT2D eigenvalue weighted by Crippen LogP contribution is -2.12. The van der Waals surface area contributed by atoms with Crippen LogP contribution in [0, 0.1) is 3.57 Å². The van der Waals surface area contributed by atoms with Crippen LogP contribution in [-0.2, 0) is 0 Å². The Morgan fingerprint density at radius 3 is 3.00 bits per heavy atom. The number of hydrogen-bond acceptors (Lipinski definition) is 3. The van der Waals surface area contributed by atoms with Crippen LogP contribution in [0.1, 0.15) is 28.5 Å². The number of halogens is 1. The van der Waals surface area contributed by atoms with Crippen molar-refractivity contribution in [2.45, 2.75) is 13.0 Å². The fourth-order valence-corrected chi connectivity index (χ4v) is 2.79. The van der Waals surface area contributed by atoms with Gasteiger partial charge in [-0.15, -0.1) is 11.3 Å². The van der Waals surface area contributed by atoms with E-state index in [0.29, 0.717) is 5.69 Å². The van der Waals surface area contributed by atoms with E-state index in [4.69, 9.17) is 5.11 Å². The summed E-state index contributed by atoms with van der Waals surface area (Å²) in [6.07, 6.45) is 3.56. The fraction of sp³-hybridized carbons (Fsp3) is 0.200. The van der Waals surface area contributed by atoms with Gasteiger partial charge >= 0.3 is 5.97 Å². The van der Waals surface area contributed by atoms with Gasteiger partial charge in [0.15, 0.2) is 0 Å². The molecule has 0 aliphatic rings. The number of aromatic carboxylic acids is 1. The molecule has 0 spiro atoms. The molecule has 84 valence electrons. The fourth-order valence-electron chi connectivity index (χ4n) is 1.50. The second kappa shape index (κ2) is 4.54. The highest BCUT2D eigenvalue weighted by molar-refractivity contribution is 14.1. The van der Waals surface area contributed by atoms with E-state index >= 15 is 0 Å². The third kappa shape index (κ3) is 2.12. The molecule has 0 aliphatic carbocycles. The van der Waals surface area contributed by atoms with Gasteiger partial charge in [0.2, 0.25) is 0 Å². The highest BCUT2D eigenvalue weighted by Gasteiger charge is 2.18. The monoisotopic (exact) mass is 348 g/mol.